The number of rotatable bonds is 8. The van der Waals surface area contributed by atoms with Crippen molar-refractivity contribution >= 4 is 23.6 Å². The Morgan fingerprint density at radius 1 is 1.29 bits per heavy atom. The van der Waals surface area contributed by atoms with E-state index in [0.717, 1.165) is 18.6 Å². The van der Waals surface area contributed by atoms with Crippen LogP contribution < -0.4 is 0 Å². The maximum atomic E-state index is 12.1. The van der Waals surface area contributed by atoms with Gasteiger partial charge in [-0.1, -0.05) is 13.3 Å². The molecule has 5 heteroatoms. The van der Waals surface area contributed by atoms with E-state index < -0.39 is 5.97 Å². The normalized spacial score (nSPS) is 12.5. The summed E-state index contributed by atoms with van der Waals surface area (Å²) in [4.78, 5) is 24.2. The van der Waals surface area contributed by atoms with Crippen molar-refractivity contribution in [3.63, 3.8) is 0 Å². The van der Waals surface area contributed by atoms with Gasteiger partial charge in [0.1, 0.15) is 6.54 Å². The predicted octanol–water partition coefficient (Wildman–Crippen LogP) is 2.23. The molecule has 0 rings (SSSR count). The molecule has 0 aliphatic rings. The zero-order valence-electron chi connectivity index (χ0n) is 11.1. The topological polar surface area (TPSA) is 57.6 Å². The van der Waals surface area contributed by atoms with Crippen molar-refractivity contribution in [2.45, 2.75) is 51.8 Å². The van der Waals surface area contributed by atoms with Crippen LogP contribution in [0.2, 0.25) is 0 Å². The maximum absolute atomic E-state index is 12.1. The number of thioether (sulfide) groups is 1. The van der Waals surface area contributed by atoms with Gasteiger partial charge in [0.05, 0.1) is 5.25 Å². The molecule has 4 nitrogen and oxygen atoms in total. The molecule has 0 fully saturated rings. The average Bonchev–Trinajstić information content (AvgIpc) is 2.24. The minimum absolute atomic E-state index is 0.0761. The van der Waals surface area contributed by atoms with E-state index in [-0.39, 0.29) is 23.7 Å². The van der Waals surface area contributed by atoms with Gasteiger partial charge in [0.2, 0.25) is 5.91 Å². The molecule has 1 unspecified atom stereocenters. The molecule has 0 aliphatic carbocycles. The second kappa shape index (κ2) is 8.39. The lowest BCUT2D eigenvalue weighted by Gasteiger charge is -2.27. The number of carboxylic acid groups (broad SMARTS) is 1. The summed E-state index contributed by atoms with van der Waals surface area (Å²) < 4.78 is 0. The van der Waals surface area contributed by atoms with Crippen LogP contribution in [0.4, 0.5) is 0 Å². The number of unbranched alkanes of at least 4 members (excludes halogenated alkanes) is 1. The molecular formula is C12H23NO3S. The van der Waals surface area contributed by atoms with Crippen LogP contribution in [-0.4, -0.2) is 45.5 Å². The summed E-state index contributed by atoms with van der Waals surface area (Å²) in [7, 11) is 0. The van der Waals surface area contributed by atoms with Crippen LogP contribution in [0.15, 0.2) is 0 Å². The first-order chi connectivity index (χ1) is 7.90. The van der Waals surface area contributed by atoms with E-state index in [1.807, 2.05) is 20.8 Å². The Morgan fingerprint density at radius 2 is 1.88 bits per heavy atom. The Morgan fingerprint density at radius 3 is 2.29 bits per heavy atom. The van der Waals surface area contributed by atoms with Gasteiger partial charge >= 0.3 is 5.97 Å². The molecule has 1 atom stereocenters. The van der Waals surface area contributed by atoms with E-state index in [1.54, 1.807) is 11.8 Å². The highest BCUT2D eigenvalue weighted by molar-refractivity contribution is 8.00. The minimum Gasteiger partial charge on any atom is -0.480 e. The summed E-state index contributed by atoms with van der Waals surface area (Å²) in [6, 6.07) is -0.0761. The van der Waals surface area contributed by atoms with E-state index in [0.29, 0.717) is 0 Å². The van der Waals surface area contributed by atoms with Crippen molar-refractivity contribution < 1.29 is 14.7 Å². The quantitative estimate of drug-likeness (QED) is 0.681. The van der Waals surface area contributed by atoms with Crippen molar-refractivity contribution in [1.82, 2.24) is 4.90 Å². The third-order valence-electron chi connectivity index (χ3n) is 2.43. The number of amides is 1. The molecule has 0 aromatic rings. The Labute approximate surface area is 108 Å². The summed E-state index contributed by atoms with van der Waals surface area (Å²) in [5.74, 6) is -0.0936. The monoisotopic (exact) mass is 261 g/mol. The molecule has 1 amide bonds. The Kier molecular flexibility index (Phi) is 8.04. The molecule has 1 N–H and O–H groups in total. The number of carboxylic acids is 1. The summed E-state index contributed by atoms with van der Waals surface area (Å²) in [6.07, 6.45) is 2.19. The second-order valence-electron chi connectivity index (χ2n) is 4.32. The molecular weight excluding hydrogens is 238 g/mol. The molecule has 0 spiro atoms. The fourth-order valence-electron chi connectivity index (χ4n) is 1.37. The first-order valence-electron chi connectivity index (χ1n) is 6.04. The molecule has 0 heterocycles. The first-order valence-corrected chi connectivity index (χ1v) is 7.08. The number of carbonyl (C=O) groups excluding carboxylic acids is 1. The zero-order chi connectivity index (χ0) is 13.4. The van der Waals surface area contributed by atoms with E-state index >= 15 is 0 Å². The Hall–Kier alpha value is -0.710. The minimum atomic E-state index is -0.960. The van der Waals surface area contributed by atoms with Gasteiger partial charge in [-0.25, -0.2) is 0 Å². The molecule has 0 aliphatic heterocycles. The molecule has 0 bridgehead atoms. The summed E-state index contributed by atoms with van der Waals surface area (Å²) in [5, 5.41) is 8.61. The molecule has 0 radical (unpaired) electrons. The van der Waals surface area contributed by atoms with Crippen LogP contribution >= 0.6 is 11.8 Å². The highest BCUT2D eigenvalue weighted by atomic mass is 32.2. The third-order valence-corrected chi connectivity index (χ3v) is 3.65. The van der Waals surface area contributed by atoms with Crippen LogP contribution in [0.5, 0.6) is 0 Å². The van der Waals surface area contributed by atoms with Crippen molar-refractivity contribution in [3.8, 4) is 0 Å². The number of carbonyl (C=O) groups is 2. The van der Waals surface area contributed by atoms with E-state index in [4.69, 9.17) is 5.11 Å². The zero-order valence-corrected chi connectivity index (χ0v) is 11.9. The smallest absolute Gasteiger partial charge is 0.323 e. The maximum Gasteiger partial charge on any atom is 0.323 e. The molecule has 0 aromatic heterocycles. The van der Waals surface area contributed by atoms with Crippen LogP contribution in [0.25, 0.3) is 0 Å². The standard InChI is InChI=1S/C12H23NO3S/c1-5-6-7-17-10(4)12(16)13(9(2)3)8-11(14)15/h9-10H,5-8H2,1-4H3,(H,14,15). The van der Waals surface area contributed by atoms with Gasteiger partial charge < -0.3 is 10.0 Å². The van der Waals surface area contributed by atoms with Crippen molar-refractivity contribution in [2.24, 2.45) is 0 Å². The summed E-state index contributed by atoms with van der Waals surface area (Å²) in [6.45, 7) is 7.42. The van der Waals surface area contributed by atoms with Gasteiger partial charge in [-0.05, 0) is 32.9 Å². The Balaban J connectivity index is 4.34. The van der Waals surface area contributed by atoms with Crippen LogP contribution in [0, 0.1) is 0 Å². The van der Waals surface area contributed by atoms with Crippen molar-refractivity contribution in [1.29, 1.82) is 0 Å². The van der Waals surface area contributed by atoms with E-state index in [2.05, 4.69) is 6.92 Å². The summed E-state index contributed by atoms with van der Waals surface area (Å²) in [5.41, 5.74) is 0. The second-order valence-corrected chi connectivity index (χ2v) is 5.77. The summed E-state index contributed by atoms with van der Waals surface area (Å²) >= 11 is 1.60. The lowest BCUT2D eigenvalue weighted by atomic mass is 10.3. The number of aliphatic carboxylic acids is 1. The highest BCUT2D eigenvalue weighted by Gasteiger charge is 2.24. The van der Waals surface area contributed by atoms with Gasteiger partial charge in [-0.2, -0.15) is 0 Å². The SMILES string of the molecule is CCCCSC(C)C(=O)N(CC(=O)O)C(C)C. The largest absolute Gasteiger partial charge is 0.480 e. The van der Waals surface area contributed by atoms with E-state index in [9.17, 15) is 9.59 Å². The molecule has 0 aromatic carbocycles. The van der Waals surface area contributed by atoms with E-state index in [1.165, 1.54) is 4.90 Å². The van der Waals surface area contributed by atoms with Crippen molar-refractivity contribution in [2.75, 3.05) is 12.3 Å². The molecule has 0 saturated heterocycles. The number of hydrogen-bond donors (Lipinski definition) is 1. The fraction of sp³-hybridized carbons (Fsp3) is 0.833. The molecule has 0 saturated carbocycles. The molecule has 17 heavy (non-hydrogen) atoms. The number of hydrogen-bond acceptors (Lipinski definition) is 3. The van der Waals surface area contributed by atoms with Gasteiger partial charge in [0.25, 0.3) is 0 Å². The Bertz CT molecular complexity index is 256. The molecule has 100 valence electrons. The first kappa shape index (κ1) is 16.3. The van der Waals surface area contributed by atoms with Crippen LogP contribution in [0.1, 0.15) is 40.5 Å². The van der Waals surface area contributed by atoms with Gasteiger partial charge in [-0.15, -0.1) is 11.8 Å². The lowest BCUT2D eigenvalue weighted by molar-refractivity contribution is -0.145. The van der Waals surface area contributed by atoms with Crippen LogP contribution in [0.3, 0.4) is 0 Å². The van der Waals surface area contributed by atoms with Gasteiger partial charge in [0, 0.05) is 6.04 Å². The van der Waals surface area contributed by atoms with Crippen molar-refractivity contribution in [3.05, 3.63) is 0 Å². The average molecular weight is 261 g/mol. The fourth-order valence-corrected chi connectivity index (χ4v) is 2.46. The lowest BCUT2D eigenvalue weighted by Crippen LogP contribution is -2.44. The number of nitrogens with zero attached hydrogens (tertiary/aromatic N) is 1. The highest BCUT2D eigenvalue weighted by Crippen LogP contribution is 2.16. The third kappa shape index (κ3) is 6.56. The van der Waals surface area contributed by atoms with Gasteiger partial charge in [0.15, 0.2) is 0 Å². The predicted molar refractivity (Wildman–Crippen MR) is 71.3 cm³/mol. The van der Waals surface area contributed by atoms with Gasteiger partial charge in [-0.3, -0.25) is 9.59 Å². The van der Waals surface area contributed by atoms with Crippen LogP contribution in [-0.2, 0) is 9.59 Å².